The fourth-order valence-electron chi connectivity index (χ4n) is 2.12. The van der Waals surface area contributed by atoms with Gasteiger partial charge in [0.15, 0.2) is 0 Å². The summed E-state index contributed by atoms with van der Waals surface area (Å²) in [5, 5.41) is 5.72. The van der Waals surface area contributed by atoms with Gasteiger partial charge in [0, 0.05) is 24.5 Å². The third-order valence-electron chi connectivity index (χ3n) is 3.47. The third-order valence-corrected chi connectivity index (χ3v) is 4.10. The van der Waals surface area contributed by atoms with E-state index in [0.29, 0.717) is 6.04 Å². The van der Waals surface area contributed by atoms with Crippen LogP contribution in [-0.4, -0.2) is 36.1 Å². The van der Waals surface area contributed by atoms with Gasteiger partial charge in [-0.3, -0.25) is 4.90 Å². The Balaban J connectivity index is 2.43. The summed E-state index contributed by atoms with van der Waals surface area (Å²) in [6.45, 7) is 12.3. The summed E-state index contributed by atoms with van der Waals surface area (Å²) in [7, 11) is 2.17. The molecule has 1 heterocycles. The summed E-state index contributed by atoms with van der Waals surface area (Å²) in [5.74, 6) is 0. The molecule has 0 spiro atoms. The molecule has 0 aliphatic carbocycles. The molecular weight excluding hydrogens is 242 g/mol. The molecule has 3 nitrogen and oxygen atoms in total. The maximum Gasteiger partial charge on any atom is 0.0795 e. The second kappa shape index (κ2) is 7.22. The number of rotatable bonds is 8. The quantitative estimate of drug-likeness (QED) is 0.786. The van der Waals surface area contributed by atoms with Crippen LogP contribution in [0.5, 0.6) is 0 Å². The van der Waals surface area contributed by atoms with Gasteiger partial charge in [0.2, 0.25) is 0 Å². The number of thiazole rings is 1. The highest BCUT2D eigenvalue weighted by molar-refractivity contribution is 7.07. The van der Waals surface area contributed by atoms with Gasteiger partial charge >= 0.3 is 0 Å². The molecule has 0 aliphatic rings. The SMILES string of the molecule is CCCNC(C)C(C)(C)CN(C)Cc1cscn1. The van der Waals surface area contributed by atoms with Crippen LogP contribution in [0.3, 0.4) is 0 Å². The standard InChI is InChI=1S/C14H27N3S/c1-6-7-15-12(2)14(3,4)10-17(5)8-13-9-18-11-16-13/h9,11-12,15H,6-8,10H2,1-5H3. The van der Waals surface area contributed by atoms with Gasteiger partial charge in [0.05, 0.1) is 11.2 Å². The Bertz CT molecular complexity index is 322. The van der Waals surface area contributed by atoms with Crippen molar-refractivity contribution in [2.75, 3.05) is 20.1 Å². The van der Waals surface area contributed by atoms with Crippen molar-refractivity contribution in [1.29, 1.82) is 0 Å². The first-order valence-electron chi connectivity index (χ1n) is 6.74. The molecule has 0 aliphatic heterocycles. The van der Waals surface area contributed by atoms with Crippen molar-refractivity contribution in [2.45, 2.75) is 46.7 Å². The van der Waals surface area contributed by atoms with Crippen LogP contribution in [0, 0.1) is 5.41 Å². The molecule has 0 amide bonds. The highest BCUT2D eigenvalue weighted by Gasteiger charge is 2.26. The minimum absolute atomic E-state index is 0.264. The van der Waals surface area contributed by atoms with Gasteiger partial charge in [0.25, 0.3) is 0 Å². The van der Waals surface area contributed by atoms with Crippen LogP contribution in [0.4, 0.5) is 0 Å². The van der Waals surface area contributed by atoms with Gasteiger partial charge in [0.1, 0.15) is 0 Å². The largest absolute Gasteiger partial charge is 0.314 e. The molecule has 0 saturated heterocycles. The Kier molecular flexibility index (Phi) is 6.26. The van der Waals surface area contributed by atoms with Crippen LogP contribution in [0.1, 0.15) is 39.8 Å². The molecule has 0 radical (unpaired) electrons. The Labute approximate surface area is 116 Å². The molecule has 18 heavy (non-hydrogen) atoms. The first-order valence-corrected chi connectivity index (χ1v) is 7.69. The van der Waals surface area contributed by atoms with Gasteiger partial charge < -0.3 is 5.32 Å². The van der Waals surface area contributed by atoms with Crippen molar-refractivity contribution >= 4 is 11.3 Å². The maximum atomic E-state index is 4.34. The van der Waals surface area contributed by atoms with E-state index in [4.69, 9.17) is 0 Å². The van der Waals surface area contributed by atoms with Gasteiger partial charge in [-0.1, -0.05) is 20.8 Å². The number of aromatic nitrogens is 1. The fourth-order valence-corrected chi connectivity index (χ4v) is 2.67. The Morgan fingerprint density at radius 2 is 2.22 bits per heavy atom. The zero-order valence-corrected chi connectivity index (χ0v) is 13.2. The molecule has 1 atom stereocenters. The summed E-state index contributed by atoms with van der Waals surface area (Å²) in [4.78, 5) is 6.70. The lowest BCUT2D eigenvalue weighted by molar-refractivity contribution is 0.159. The monoisotopic (exact) mass is 269 g/mol. The number of nitrogens with one attached hydrogen (secondary N) is 1. The predicted octanol–water partition coefficient (Wildman–Crippen LogP) is 2.99. The number of hydrogen-bond donors (Lipinski definition) is 1. The molecule has 1 unspecified atom stereocenters. The lowest BCUT2D eigenvalue weighted by Crippen LogP contribution is -2.46. The average molecular weight is 269 g/mol. The van der Waals surface area contributed by atoms with Crippen molar-refractivity contribution in [3.63, 3.8) is 0 Å². The van der Waals surface area contributed by atoms with E-state index >= 15 is 0 Å². The summed E-state index contributed by atoms with van der Waals surface area (Å²) in [6, 6.07) is 0.523. The zero-order chi connectivity index (χ0) is 13.6. The average Bonchev–Trinajstić information content (AvgIpc) is 2.77. The molecule has 1 N–H and O–H groups in total. The molecule has 104 valence electrons. The van der Waals surface area contributed by atoms with E-state index in [0.717, 1.165) is 19.6 Å². The molecule has 1 aromatic rings. The van der Waals surface area contributed by atoms with E-state index in [-0.39, 0.29) is 5.41 Å². The third kappa shape index (κ3) is 5.04. The Morgan fingerprint density at radius 1 is 1.50 bits per heavy atom. The van der Waals surface area contributed by atoms with Gasteiger partial charge in [-0.05, 0) is 32.4 Å². The molecular formula is C14H27N3S. The van der Waals surface area contributed by atoms with E-state index in [1.165, 1.54) is 12.1 Å². The highest BCUT2D eigenvalue weighted by atomic mass is 32.1. The molecule has 1 rings (SSSR count). The van der Waals surface area contributed by atoms with E-state index < -0.39 is 0 Å². The van der Waals surface area contributed by atoms with E-state index in [1.807, 2.05) is 5.51 Å². The summed E-state index contributed by atoms with van der Waals surface area (Å²) in [6.07, 6.45) is 1.19. The first kappa shape index (κ1) is 15.6. The molecule has 0 bridgehead atoms. The van der Waals surface area contributed by atoms with Crippen LogP contribution < -0.4 is 5.32 Å². The van der Waals surface area contributed by atoms with E-state index in [2.05, 4.69) is 55.3 Å². The maximum absolute atomic E-state index is 4.34. The molecule has 0 saturated carbocycles. The minimum Gasteiger partial charge on any atom is -0.314 e. The van der Waals surface area contributed by atoms with Gasteiger partial charge in [-0.2, -0.15) is 0 Å². The smallest absolute Gasteiger partial charge is 0.0795 e. The first-order chi connectivity index (χ1) is 8.45. The zero-order valence-electron chi connectivity index (χ0n) is 12.4. The number of nitrogens with zero attached hydrogens (tertiary/aromatic N) is 2. The normalized spacial score (nSPS) is 14.1. The molecule has 0 fully saturated rings. The lowest BCUT2D eigenvalue weighted by Gasteiger charge is -2.36. The van der Waals surface area contributed by atoms with E-state index in [9.17, 15) is 0 Å². The van der Waals surface area contributed by atoms with Gasteiger partial charge in [-0.25, -0.2) is 4.98 Å². The second-order valence-electron chi connectivity index (χ2n) is 5.82. The van der Waals surface area contributed by atoms with Crippen molar-refractivity contribution in [3.05, 3.63) is 16.6 Å². The van der Waals surface area contributed by atoms with Crippen molar-refractivity contribution in [2.24, 2.45) is 5.41 Å². The summed E-state index contributed by atoms with van der Waals surface area (Å²) < 4.78 is 0. The molecule has 1 aromatic heterocycles. The van der Waals surface area contributed by atoms with Gasteiger partial charge in [-0.15, -0.1) is 11.3 Å². The van der Waals surface area contributed by atoms with Crippen LogP contribution >= 0.6 is 11.3 Å². The Morgan fingerprint density at radius 3 is 2.78 bits per heavy atom. The highest BCUT2D eigenvalue weighted by Crippen LogP contribution is 2.22. The van der Waals surface area contributed by atoms with Crippen LogP contribution in [-0.2, 0) is 6.54 Å². The fraction of sp³-hybridized carbons (Fsp3) is 0.786. The minimum atomic E-state index is 0.264. The van der Waals surface area contributed by atoms with Crippen molar-refractivity contribution < 1.29 is 0 Å². The summed E-state index contributed by atoms with van der Waals surface area (Å²) in [5.41, 5.74) is 3.34. The topological polar surface area (TPSA) is 28.2 Å². The molecule has 0 aromatic carbocycles. The second-order valence-corrected chi connectivity index (χ2v) is 6.54. The van der Waals surface area contributed by atoms with Crippen LogP contribution in [0.15, 0.2) is 10.9 Å². The van der Waals surface area contributed by atoms with E-state index in [1.54, 1.807) is 11.3 Å². The van der Waals surface area contributed by atoms with Crippen LogP contribution in [0.25, 0.3) is 0 Å². The van der Waals surface area contributed by atoms with Crippen molar-refractivity contribution in [1.82, 2.24) is 15.2 Å². The predicted molar refractivity (Wildman–Crippen MR) is 80.0 cm³/mol. The van der Waals surface area contributed by atoms with Crippen molar-refractivity contribution in [3.8, 4) is 0 Å². The number of hydrogen-bond acceptors (Lipinski definition) is 4. The van der Waals surface area contributed by atoms with Crippen LogP contribution in [0.2, 0.25) is 0 Å². The lowest BCUT2D eigenvalue weighted by atomic mass is 9.84. The Hall–Kier alpha value is -0.450. The molecule has 4 heteroatoms. The summed E-state index contributed by atoms with van der Waals surface area (Å²) >= 11 is 1.67.